The highest BCUT2D eigenvalue weighted by molar-refractivity contribution is 5.75. The Morgan fingerprint density at radius 2 is 2.11 bits per heavy atom. The van der Waals surface area contributed by atoms with Gasteiger partial charge in [0.25, 0.3) is 0 Å². The molecule has 106 valence electrons. The molecular weight excluding hydrogens is 242 g/mol. The van der Waals surface area contributed by atoms with E-state index in [1.165, 1.54) is 0 Å². The first-order chi connectivity index (χ1) is 9.00. The Kier molecular flexibility index (Phi) is 5.76. The fourth-order valence-electron chi connectivity index (χ4n) is 1.82. The van der Waals surface area contributed by atoms with Crippen molar-refractivity contribution >= 4 is 6.03 Å². The summed E-state index contributed by atoms with van der Waals surface area (Å²) in [7, 11) is 0. The zero-order valence-corrected chi connectivity index (χ0v) is 11.8. The van der Waals surface area contributed by atoms with E-state index >= 15 is 0 Å². The molecule has 5 nitrogen and oxygen atoms in total. The topological polar surface area (TPSA) is 74.2 Å². The highest BCUT2D eigenvalue weighted by Crippen LogP contribution is 2.14. The van der Waals surface area contributed by atoms with Gasteiger partial charge < -0.3 is 15.7 Å². The molecule has 1 aromatic rings. The second kappa shape index (κ2) is 7.09. The number of pyridine rings is 1. The smallest absolute Gasteiger partial charge is 0.315 e. The summed E-state index contributed by atoms with van der Waals surface area (Å²) in [5.74, 6) is 0. The second-order valence-corrected chi connectivity index (χ2v) is 4.99. The van der Waals surface area contributed by atoms with Gasteiger partial charge in [0.05, 0.1) is 6.04 Å². The predicted molar refractivity (Wildman–Crippen MR) is 74.7 cm³/mol. The van der Waals surface area contributed by atoms with Gasteiger partial charge in [-0.05, 0) is 44.4 Å². The number of hydrogen-bond donors (Lipinski definition) is 3. The van der Waals surface area contributed by atoms with Crippen molar-refractivity contribution in [2.45, 2.75) is 45.2 Å². The summed E-state index contributed by atoms with van der Waals surface area (Å²) in [6.07, 6.45) is 4.71. The van der Waals surface area contributed by atoms with E-state index in [1.54, 1.807) is 12.4 Å². The summed E-state index contributed by atoms with van der Waals surface area (Å²) in [5, 5.41) is 14.8. The maximum atomic E-state index is 12.0. The third-order valence-corrected chi connectivity index (χ3v) is 3.41. The van der Waals surface area contributed by atoms with Gasteiger partial charge >= 0.3 is 6.03 Å². The number of urea groups is 1. The number of aliphatic hydroxyl groups excluding tert-OH is 1. The molecule has 2 atom stereocenters. The van der Waals surface area contributed by atoms with Crippen molar-refractivity contribution in [3.05, 3.63) is 30.1 Å². The van der Waals surface area contributed by atoms with Crippen LogP contribution < -0.4 is 10.6 Å². The average Bonchev–Trinajstić information content (AvgIpc) is 2.39. The van der Waals surface area contributed by atoms with Crippen molar-refractivity contribution in [2.75, 3.05) is 6.61 Å². The Bertz CT molecular complexity index is 397. The van der Waals surface area contributed by atoms with Gasteiger partial charge in [0.1, 0.15) is 0 Å². The maximum absolute atomic E-state index is 12.0. The highest BCUT2D eigenvalue weighted by Gasteiger charge is 2.24. The molecule has 1 aromatic heterocycles. The van der Waals surface area contributed by atoms with Crippen LogP contribution >= 0.6 is 0 Å². The summed E-state index contributed by atoms with van der Waals surface area (Å²) >= 11 is 0. The third-order valence-electron chi connectivity index (χ3n) is 3.41. The molecule has 1 heterocycles. The molecule has 0 aliphatic carbocycles. The van der Waals surface area contributed by atoms with Crippen molar-refractivity contribution in [1.82, 2.24) is 15.6 Å². The van der Waals surface area contributed by atoms with Crippen LogP contribution in [0.25, 0.3) is 0 Å². The van der Waals surface area contributed by atoms with Crippen molar-refractivity contribution in [1.29, 1.82) is 0 Å². The van der Waals surface area contributed by atoms with Gasteiger partial charge in [-0.2, -0.15) is 0 Å². The molecule has 0 aliphatic heterocycles. The number of hydrogen-bond acceptors (Lipinski definition) is 3. The lowest BCUT2D eigenvalue weighted by Crippen LogP contribution is -2.50. The molecule has 0 fully saturated rings. The fraction of sp³-hybridized carbons (Fsp3) is 0.571. The summed E-state index contributed by atoms with van der Waals surface area (Å²) in [6.45, 7) is 5.90. The molecule has 0 radical (unpaired) electrons. The first-order valence-electron chi connectivity index (χ1n) is 6.60. The Morgan fingerprint density at radius 1 is 1.47 bits per heavy atom. The van der Waals surface area contributed by atoms with Crippen molar-refractivity contribution in [3.8, 4) is 0 Å². The predicted octanol–water partition coefficient (Wildman–Crippen LogP) is 1.99. The number of nitrogens with zero attached hydrogens (tertiary/aromatic N) is 1. The van der Waals surface area contributed by atoms with Crippen LogP contribution in [-0.4, -0.2) is 28.3 Å². The molecule has 3 N–H and O–H groups in total. The monoisotopic (exact) mass is 265 g/mol. The first kappa shape index (κ1) is 15.4. The van der Waals surface area contributed by atoms with Crippen LogP contribution in [0.5, 0.6) is 0 Å². The quantitative estimate of drug-likeness (QED) is 0.736. The van der Waals surface area contributed by atoms with E-state index in [0.29, 0.717) is 6.42 Å². The number of carbonyl (C=O) groups is 1. The van der Waals surface area contributed by atoms with Gasteiger partial charge in [0.2, 0.25) is 0 Å². The molecule has 0 saturated heterocycles. The molecule has 19 heavy (non-hydrogen) atoms. The molecule has 5 heteroatoms. The summed E-state index contributed by atoms with van der Waals surface area (Å²) < 4.78 is 0. The second-order valence-electron chi connectivity index (χ2n) is 4.99. The minimum atomic E-state index is -0.378. The van der Waals surface area contributed by atoms with Crippen LogP contribution in [0.3, 0.4) is 0 Å². The van der Waals surface area contributed by atoms with E-state index < -0.39 is 0 Å². The van der Waals surface area contributed by atoms with E-state index in [4.69, 9.17) is 5.11 Å². The number of amides is 2. The van der Waals surface area contributed by atoms with Gasteiger partial charge in [0.15, 0.2) is 0 Å². The van der Waals surface area contributed by atoms with Crippen LogP contribution in [0.4, 0.5) is 4.79 Å². The van der Waals surface area contributed by atoms with Crippen LogP contribution in [0.2, 0.25) is 0 Å². The molecule has 2 amide bonds. The minimum Gasteiger partial charge on any atom is -0.396 e. The Labute approximate surface area is 114 Å². The molecule has 1 rings (SSSR count). The molecule has 0 saturated carbocycles. The Hall–Kier alpha value is -1.62. The van der Waals surface area contributed by atoms with Crippen molar-refractivity contribution < 1.29 is 9.90 Å². The number of aliphatic hydroxyl groups is 1. The van der Waals surface area contributed by atoms with Gasteiger partial charge in [-0.15, -0.1) is 0 Å². The molecule has 0 spiro atoms. The van der Waals surface area contributed by atoms with Crippen LogP contribution in [0, 0.1) is 0 Å². The van der Waals surface area contributed by atoms with Crippen LogP contribution in [0.1, 0.15) is 45.2 Å². The fourth-order valence-corrected chi connectivity index (χ4v) is 1.82. The first-order valence-corrected chi connectivity index (χ1v) is 6.60. The number of aromatic nitrogens is 1. The molecule has 0 aliphatic rings. The average molecular weight is 265 g/mol. The van der Waals surface area contributed by atoms with E-state index in [-0.39, 0.29) is 24.2 Å². The SMILES string of the molecule is CCC(C)(CCO)NC(=O)NC(C)c1ccncc1. The molecule has 0 bridgehead atoms. The van der Waals surface area contributed by atoms with E-state index in [9.17, 15) is 4.79 Å². The van der Waals surface area contributed by atoms with Crippen molar-refractivity contribution in [3.63, 3.8) is 0 Å². The lowest BCUT2D eigenvalue weighted by Gasteiger charge is -2.29. The zero-order chi connectivity index (χ0) is 14.3. The molecule has 0 aromatic carbocycles. The largest absolute Gasteiger partial charge is 0.396 e. The highest BCUT2D eigenvalue weighted by atomic mass is 16.3. The lowest BCUT2D eigenvalue weighted by atomic mass is 9.95. The van der Waals surface area contributed by atoms with E-state index in [0.717, 1.165) is 12.0 Å². The summed E-state index contributed by atoms with van der Waals surface area (Å²) in [5.41, 5.74) is 0.627. The van der Waals surface area contributed by atoms with Gasteiger partial charge in [-0.3, -0.25) is 4.98 Å². The van der Waals surface area contributed by atoms with E-state index in [1.807, 2.05) is 32.9 Å². The zero-order valence-electron chi connectivity index (χ0n) is 11.8. The summed E-state index contributed by atoms with van der Waals surface area (Å²) in [4.78, 5) is 15.9. The lowest BCUT2D eigenvalue weighted by molar-refractivity contribution is 0.199. The number of carbonyl (C=O) groups excluding carboxylic acids is 1. The Balaban J connectivity index is 2.55. The number of nitrogens with one attached hydrogen (secondary N) is 2. The summed E-state index contributed by atoms with van der Waals surface area (Å²) in [6, 6.07) is 3.44. The molecule has 2 unspecified atom stereocenters. The maximum Gasteiger partial charge on any atom is 0.315 e. The Morgan fingerprint density at radius 3 is 2.63 bits per heavy atom. The van der Waals surface area contributed by atoms with Gasteiger partial charge in [0, 0.05) is 24.5 Å². The third kappa shape index (κ3) is 4.87. The number of rotatable bonds is 6. The van der Waals surface area contributed by atoms with Gasteiger partial charge in [-0.25, -0.2) is 4.79 Å². The van der Waals surface area contributed by atoms with Crippen LogP contribution in [0.15, 0.2) is 24.5 Å². The van der Waals surface area contributed by atoms with Crippen LogP contribution in [-0.2, 0) is 0 Å². The van der Waals surface area contributed by atoms with Gasteiger partial charge in [-0.1, -0.05) is 6.92 Å². The van der Waals surface area contributed by atoms with Crippen molar-refractivity contribution in [2.24, 2.45) is 0 Å². The minimum absolute atomic E-state index is 0.0600. The standard InChI is InChI=1S/C14H23N3O2/c1-4-14(3,7-10-18)17-13(19)16-11(2)12-5-8-15-9-6-12/h5-6,8-9,11,18H,4,7,10H2,1-3H3,(H2,16,17,19). The normalized spacial score (nSPS) is 15.4. The molecular formula is C14H23N3O2. The van der Waals surface area contributed by atoms with E-state index in [2.05, 4.69) is 15.6 Å².